The summed E-state index contributed by atoms with van der Waals surface area (Å²) in [7, 11) is 0. The maximum absolute atomic E-state index is 10.6. The van der Waals surface area contributed by atoms with Gasteiger partial charge in [0.15, 0.2) is 0 Å². The molecule has 0 bridgehead atoms. The zero-order chi connectivity index (χ0) is 11.4. The van der Waals surface area contributed by atoms with Crippen molar-refractivity contribution in [1.29, 1.82) is 0 Å². The third kappa shape index (κ3) is 4.43. The number of aliphatic carboxylic acids is 1. The van der Waals surface area contributed by atoms with Crippen LogP contribution >= 0.6 is 0 Å². The monoisotopic (exact) mass is 215 g/mol. The van der Waals surface area contributed by atoms with Gasteiger partial charge in [0.25, 0.3) is 0 Å². The normalized spacial score (nSPS) is 18.9. The highest BCUT2D eigenvalue weighted by Gasteiger charge is 2.38. The molecule has 0 unspecified atom stereocenters. The molecule has 0 spiro atoms. The molecular weight excluding hydrogens is 203 g/mol. The summed E-state index contributed by atoms with van der Waals surface area (Å²) < 4.78 is 31.7. The number of carbonyl (C=O) groups is 1. The molecule has 1 aliphatic rings. The minimum absolute atomic E-state index is 0.347. The van der Waals surface area contributed by atoms with E-state index in [1.54, 1.807) is 0 Å². The Labute approximate surface area is 78.7 Å². The lowest BCUT2D eigenvalue weighted by molar-refractivity contribution is -0.192. The fourth-order valence-corrected chi connectivity index (χ4v) is 0.664. The molecule has 0 aromatic carbocycles. The number of hydrogen-bond donors (Lipinski definition) is 3. The number of nitrogens with one attached hydrogen (secondary N) is 1. The first-order valence-corrected chi connectivity index (χ1v) is 3.94. The van der Waals surface area contributed by atoms with E-state index < -0.39 is 12.1 Å². The standard InChI is InChI=1S/C5H11NO.C2HF3O2/c1-2-5(7)3-6-4-5;3-2(4,5)1(6)7/h6-7H,2-4H2,1H3;(H,6,7). The van der Waals surface area contributed by atoms with Gasteiger partial charge in [-0.05, 0) is 6.42 Å². The summed E-state index contributed by atoms with van der Waals surface area (Å²) in [6.45, 7) is 3.56. The van der Waals surface area contributed by atoms with Crippen LogP contribution in [0.25, 0.3) is 0 Å². The van der Waals surface area contributed by atoms with Gasteiger partial charge < -0.3 is 15.5 Å². The van der Waals surface area contributed by atoms with Crippen molar-refractivity contribution in [1.82, 2.24) is 5.32 Å². The Bertz CT molecular complexity index is 195. The summed E-state index contributed by atoms with van der Waals surface area (Å²) in [4.78, 5) is 8.90. The van der Waals surface area contributed by atoms with Crippen molar-refractivity contribution < 1.29 is 28.2 Å². The van der Waals surface area contributed by atoms with E-state index in [2.05, 4.69) is 5.32 Å². The number of aliphatic hydroxyl groups is 1. The van der Waals surface area contributed by atoms with Crippen molar-refractivity contribution in [3.63, 3.8) is 0 Å². The summed E-state index contributed by atoms with van der Waals surface area (Å²) in [6.07, 6.45) is -4.21. The van der Waals surface area contributed by atoms with Crippen LogP contribution in [0.5, 0.6) is 0 Å². The molecule has 1 heterocycles. The quantitative estimate of drug-likeness (QED) is 0.590. The molecule has 1 rings (SSSR count). The summed E-state index contributed by atoms with van der Waals surface area (Å²) >= 11 is 0. The fourth-order valence-electron chi connectivity index (χ4n) is 0.664. The van der Waals surface area contributed by atoms with Crippen LogP contribution < -0.4 is 5.32 Å². The minimum atomic E-state index is -5.08. The van der Waals surface area contributed by atoms with Gasteiger partial charge in [-0.25, -0.2) is 4.79 Å². The predicted octanol–water partition coefficient (Wildman–Crippen LogP) is 0.364. The molecule has 0 aromatic heterocycles. The Morgan fingerprint density at radius 1 is 1.50 bits per heavy atom. The Morgan fingerprint density at radius 2 is 1.86 bits per heavy atom. The lowest BCUT2D eigenvalue weighted by Gasteiger charge is -2.36. The molecule has 0 amide bonds. The van der Waals surface area contributed by atoms with E-state index in [0.29, 0.717) is 0 Å². The molecule has 3 N–H and O–H groups in total. The molecule has 1 saturated heterocycles. The number of hydrogen-bond acceptors (Lipinski definition) is 3. The van der Waals surface area contributed by atoms with Gasteiger partial charge in [0.05, 0.1) is 5.60 Å². The second-order valence-electron chi connectivity index (χ2n) is 2.98. The lowest BCUT2D eigenvalue weighted by atomic mass is 9.95. The third-order valence-electron chi connectivity index (χ3n) is 1.81. The van der Waals surface area contributed by atoms with Gasteiger partial charge in [-0.2, -0.15) is 13.2 Å². The van der Waals surface area contributed by atoms with Crippen LogP contribution in [0.4, 0.5) is 13.2 Å². The maximum Gasteiger partial charge on any atom is 0.490 e. The highest BCUT2D eigenvalue weighted by molar-refractivity contribution is 5.73. The van der Waals surface area contributed by atoms with Crippen LogP contribution in [0.15, 0.2) is 0 Å². The molecule has 1 fully saturated rings. The Morgan fingerprint density at radius 3 is 1.86 bits per heavy atom. The number of carboxylic acid groups (broad SMARTS) is 1. The van der Waals surface area contributed by atoms with Crippen molar-refractivity contribution in [2.75, 3.05) is 13.1 Å². The van der Waals surface area contributed by atoms with Crippen LogP contribution in [0.1, 0.15) is 13.3 Å². The van der Waals surface area contributed by atoms with Gasteiger partial charge in [0, 0.05) is 13.1 Å². The molecule has 1 aliphatic heterocycles. The summed E-state index contributed by atoms with van der Waals surface area (Å²) in [5, 5.41) is 19.3. The number of rotatable bonds is 1. The lowest BCUT2D eigenvalue weighted by Crippen LogP contribution is -2.58. The second-order valence-corrected chi connectivity index (χ2v) is 2.98. The topological polar surface area (TPSA) is 69.6 Å². The van der Waals surface area contributed by atoms with Gasteiger partial charge in [-0.1, -0.05) is 6.92 Å². The van der Waals surface area contributed by atoms with Gasteiger partial charge in [0.1, 0.15) is 0 Å². The average molecular weight is 215 g/mol. The van der Waals surface area contributed by atoms with Crippen molar-refractivity contribution in [3.8, 4) is 0 Å². The van der Waals surface area contributed by atoms with E-state index in [-0.39, 0.29) is 5.60 Å². The van der Waals surface area contributed by atoms with E-state index in [1.165, 1.54) is 0 Å². The first-order chi connectivity index (χ1) is 6.21. The van der Waals surface area contributed by atoms with Gasteiger partial charge in [0.2, 0.25) is 0 Å². The van der Waals surface area contributed by atoms with Crippen molar-refractivity contribution in [3.05, 3.63) is 0 Å². The SMILES string of the molecule is CCC1(O)CNC1.O=C(O)C(F)(F)F. The molecule has 0 radical (unpaired) electrons. The molecule has 84 valence electrons. The fraction of sp³-hybridized carbons (Fsp3) is 0.857. The van der Waals surface area contributed by atoms with Crippen molar-refractivity contribution in [2.24, 2.45) is 0 Å². The average Bonchev–Trinajstić information content (AvgIpc) is 1.99. The minimum Gasteiger partial charge on any atom is -0.475 e. The van der Waals surface area contributed by atoms with Gasteiger partial charge >= 0.3 is 12.1 Å². The van der Waals surface area contributed by atoms with Crippen LogP contribution in [0.2, 0.25) is 0 Å². The Kier molecular flexibility index (Phi) is 4.34. The summed E-state index contributed by atoms with van der Waals surface area (Å²) in [6, 6.07) is 0. The van der Waals surface area contributed by atoms with Crippen molar-refractivity contribution >= 4 is 5.97 Å². The van der Waals surface area contributed by atoms with Gasteiger partial charge in [-0.15, -0.1) is 0 Å². The molecule has 14 heavy (non-hydrogen) atoms. The van der Waals surface area contributed by atoms with Gasteiger partial charge in [-0.3, -0.25) is 0 Å². The van der Waals surface area contributed by atoms with Crippen LogP contribution in [0, 0.1) is 0 Å². The predicted molar refractivity (Wildman–Crippen MR) is 41.8 cm³/mol. The number of halogens is 3. The van der Waals surface area contributed by atoms with E-state index in [0.717, 1.165) is 19.5 Å². The highest BCUT2D eigenvalue weighted by Crippen LogP contribution is 2.13. The number of alkyl halides is 3. The van der Waals surface area contributed by atoms with E-state index >= 15 is 0 Å². The molecule has 4 nitrogen and oxygen atoms in total. The second kappa shape index (κ2) is 4.61. The van der Waals surface area contributed by atoms with Crippen molar-refractivity contribution in [2.45, 2.75) is 25.1 Å². The first kappa shape index (κ1) is 13.2. The van der Waals surface area contributed by atoms with Crippen LogP contribution in [-0.2, 0) is 4.79 Å². The highest BCUT2D eigenvalue weighted by atomic mass is 19.4. The first-order valence-electron chi connectivity index (χ1n) is 3.94. The van der Waals surface area contributed by atoms with E-state index in [9.17, 15) is 13.2 Å². The zero-order valence-electron chi connectivity index (χ0n) is 7.56. The smallest absolute Gasteiger partial charge is 0.475 e. The Hall–Kier alpha value is -0.820. The maximum atomic E-state index is 10.6. The van der Waals surface area contributed by atoms with E-state index in [4.69, 9.17) is 15.0 Å². The molecule has 0 saturated carbocycles. The van der Waals surface area contributed by atoms with Crippen LogP contribution in [0.3, 0.4) is 0 Å². The molecule has 0 atom stereocenters. The number of β-amino-alcohol motifs (C(OH)–C–C–N with tert-alkyl or cyclic N) is 1. The molecule has 0 aromatic rings. The van der Waals surface area contributed by atoms with E-state index in [1.807, 2.05) is 6.92 Å². The largest absolute Gasteiger partial charge is 0.490 e. The third-order valence-corrected chi connectivity index (χ3v) is 1.81. The Balaban J connectivity index is 0.000000241. The van der Waals surface area contributed by atoms with Crippen LogP contribution in [-0.4, -0.2) is 41.0 Å². The summed E-state index contributed by atoms with van der Waals surface area (Å²) in [5.41, 5.74) is -0.347. The number of carboxylic acids is 1. The molecular formula is C7H12F3NO3. The molecule has 7 heteroatoms. The zero-order valence-corrected chi connectivity index (χ0v) is 7.56. The molecule has 0 aliphatic carbocycles. The summed E-state index contributed by atoms with van der Waals surface area (Å²) in [5.74, 6) is -2.76.